The molecule has 2 aromatic heterocycles. The molecule has 9 nitrogen and oxygen atoms in total. The van der Waals surface area contributed by atoms with Crippen molar-refractivity contribution in [1.29, 1.82) is 0 Å². The molecule has 2 atom stereocenters. The summed E-state index contributed by atoms with van der Waals surface area (Å²) in [6.07, 6.45) is -0.261. The molecule has 20 heavy (non-hydrogen) atoms. The van der Waals surface area contributed by atoms with Gasteiger partial charge in [-0.25, -0.2) is 4.98 Å². The Hall–Kier alpha value is -1.91. The van der Waals surface area contributed by atoms with E-state index < -0.39 is 17.9 Å². The lowest BCUT2D eigenvalue weighted by Crippen LogP contribution is -2.18. The van der Waals surface area contributed by atoms with Gasteiger partial charge in [-0.15, -0.1) is 0 Å². The van der Waals surface area contributed by atoms with Crippen molar-refractivity contribution in [2.24, 2.45) is 0 Å². The molecule has 1 aliphatic rings. The SMILES string of the molecule is Nc1nc2c(ncn2[C@@H]2O[C@H](CO)C(O)=C2Br)c(=O)[nH]1. The maximum atomic E-state index is 11.7. The van der Waals surface area contributed by atoms with E-state index in [9.17, 15) is 9.90 Å². The first-order valence-electron chi connectivity index (χ1n) is 5.60. The third-order valence-electron chi connectivity index (χ3n) is 2.93. The van der Waals surface area contributed by atoms with Crippen molar-refractivity contribution < 1.29 is 14.9 Å². The molecule has 0 saturated carbocycles. The van der Waals surface area contributed by atoms with Crippen LogP contribution in [0, 0.1) is 0 Å². The number of nitrogens with two attached hydrogens (primary N) is 1. The third kappa shape index (κ3) is 1.80. The van der Waals surface area contributed by atoms with Gasteiger partial charge < -0.3 is 20.7 Å². The molecule has 3 rings (SSSR count). The molecule has 106 valence electrons. The van der Waals surface area contributed by atoms with Crippen LogP contribution in [0.2, 0.25) is 0 Å². The number of H-pyrrole nitrogens is 1. The Morgan fingerprint density at radius 1 is 1.60 bits per heavy atom. The fraction of sp³-hybridized carbons (Fsp3) is 0.300. The molecule has 1 aliphatic heterocycles. The van der Waals surface area contributed by atoms with Crippen LogP contribution in [0.1, 0.15) is 6.23 Å². The molecular formula is C10H10BrN5O4. The summed E-state index contributed by atoms with van der Waals surface area (Å²) in [5.41, 5.74) is 5.37. The number of halogens is 1. The fourth-order valence-corrected chi connectivity index (χ4v) is 2.58. The highest BCUT2D eigenvalue weighted by molar-refractivity contribution is 9.11. The van der Waals surface area contributed by atoms with Gasteiger partial charge in [0.1, 0.15) is 11.9 Å². The summed E-state index contributed by atoms with van der Waals surface area (Å²) in [6.45, 7) is -0.375. The van der Waals surface area contributed by atoms with Gasteiger partial charge in [-0.3, -0.25) is 14.3 Å². The van der Waals surface area contributed by atoms with Gasteiger partial charge in [-0.05, 0) is 15.9 Å². The number of aliphatic hydroxyl groups excluding tert-OH is 2. The fourth-order valence-electron chi connectivity index (χ4n) is 1.99. The second-order valence-corrected chi connectivity index (χ2v) is 5.02. The zero-order valence-electron chi connectivity index (χ0n) is 9.95. The molecule has 0 aromatic carbocycles. The van der Waals surface area contributed by atoms with Gasteiger partial charge in [-0.2, -0.15) is 4.98 Å². The van der Waals surface area contributed by atoms with Gasteiger partial charge in [0.2, 0.25) is 5.95 Å². The molecule has 0 saturated heterocycles. The van der Waals surface area contributed by atoms with Crippen molar-refractivity contribution in [2.45, 2.75) is 12.3 Å². The lowest BCUT2D eigenvalue weighted by molar-refractivity contribution is -0.0222. The molecule has 0 unspecified atom stereocenters. The van der Waals surface area contributed by atoms with Gasteiger partial charge in [0.15, 0.2) is 17.4 Å². The van der Waals surface area contributed by atoms with Crippen molar-refractivity contribution in [3.8, 4) is 0 Å². The highest BCUT2D eigenvalue weighted by Crippen LogP contribution is 2.37. The number of nitrogens with one attached hydrogen (secondary N) is 1. The lowest BCUT2D eigenvalue weighted by atomic mass is 10.3. The third-order valence-corrected chi connectivity index (χ3v) is 3.73. The maximum Gasteiger partial charge on any atom is 0.280 e. The quantitative estimate of drug-likeness (QED) is 0.589. The first kappa shape index (κ1) is 13.1. The minimum absolute atomic E-state index is 0.0507. The zero-order chi connectivity index (χ0) is 14.4. The summed E-state index contributed by atoms with van der Waals surface area (Å²) in [6, 6.07) is 0. The highest BCUT2D eigenvalue weighted by Gasteiger charge is 2.35. The van der Waals surface area contributed by atoms with Crippen LogP contribution in [-0.4, -0.2) is 42.4 Å². The van der Waals surface area contributed by atoms with Crippen molar-refractivity contribution >= 4 is 33.0 Å². The molecule has 0 bridgehead atoms. The molecule has 5 N–H and O–H groups in total. The summed E-state index contributed by atoms with van der Waals surface area (Å²) in [5, 5.41) is 18.9. The van der Waals surface area contributed by atoms with Gasteiger partial charge >= 0.3 is 0 Å². The number of imidazole rings is 1. The molecule has 0 spiro atoms. The minimum Gasteiger partial charge on any atom is -0.508 e. The number of aliphatic hydroxyl groups is 2. The summed E-state index contributed by atoms with van der Waals surface area (Å²) in [7, 11) is 0. The number of aromatic amines is 1. The second kappa shape index (κ2) is 4.58. The number of nitrogens with zero attached hydrogens (tertiary/aromatic N) is 3. The molecule has 10 heteroatoms. The standard InChI is InChI=1S/C10H10BrN5O4/c11-4-6(18)3(1-17)20-9(4)16-2-13-5-7(16)14-10(12)15-8(5)19/h2-3,9,17-18H,1H2,(H3,12,14,15,19)/t3-,9-/m1/s1. The van der Waals surface area contributed by atoms with E-state index in [1.807, 2.05) is 0 Å². The molecule has 3 heterocycles. The molecule has 0 fully saturated rings. The highest BCUT2D eigenvalue weighted by atomic mass is 79.9. The van der Waals surface area contributed by atoms with E-state index in [0.717, 1.165) is 0 Å². The number of aromatic nitrogens is 4. The number of rotatable bonds is 2. The number of anilines is 1. The number of ether oxygens (including phenoxy) is 1. The Balaban J connectivity index is 2.15. The number of hydrogen-bond donors (Lipinski definition) is 4. The summed E-state index contributed by atoms with van der Waals surface area (Å²) in [5.74, 6) is -0.164. The smallest absolute Gasteiger partial charge is 0.280 e. The second-order valence-electron chi connectivity index (χ2n) is 4.17. The van der Waals surface area contributed by atoms with E-state index in [4.69, 9.17) is 15.6 Å². The van der Waals surface area contributed by atoms with Crippen LogP contribution in [0.25, 0.3) is 11.2 Å². The molecule has 2 aromatic rings. The first-order chi connectivity index (χ1) is 9.52. The topological polar surface area (TPSA) is 139 Å². The van der Waals surface area contributed by atoms with Crippen LogP contribution < -0.4 is 11.3 Å². The van der Waals surface area contributed by atoms with Crippen molar-refractivity contribution in [3.63, 3.8) is 0 Å². The first-order valence-corrected chi connectivity index (χ1v) is 6.39. The van der Waals surface area contributed by atoms with Crippen LogP contribution in [0.3, 0.4) is 0 Å². The largest absolute Gasteiger partial charge is 0.508 e. The summed E-state index contributed by atoms with van der Waals surface area (Å²) in [4.78, 5) is 22.0. The van der Waals surface area contributed by atoms with Crippen LogP contribution in [0.5, 0.6) is 0 Å². The van der Waals surface area contributed by atoms with Gasteiger partial charge in [0.05, 0.1) is 17.4 Å². The predicted molar refractivity (Wildman–Crippen MR) is 72.1 cm³/mol. The van der Waals surface area contributed by atoms with Crippen LogP contribution in [0.4, 0.5) is 5.95 Å². The average Bonchev–Trinajstić information content (AvgIpc) is 2.93. The van der Waals surface area contributed by atoms with Crippen molar-refractivity contribution in [2.75, 3.05) is 12.3 Å². The molecule has 0 radical (unpaired) electrons. The minimum atomic E-state index is -0.842. The predicted octanol–water partition coefficient (Wildman–Crippen LogP) is -0.244. The zero-order valence-corrected chi connectivity index (χ0v) is 11.5. The summed E-state index contributed by atoms with van der Waals surface area (Å²) < 4.78 is 7.25. The van der Waals surface area contributed by atoms with E-state index in [-0.39, 0.29) is 29.5 Å². The van der Waals surface area contributed by atoms with Gasteiger partial charge in [-0.1, -0.05) is 0 Å². The van der Waals surface area contributed by atoms with Crippen LogP contribution >= 0.6 is 15.9 Å². The summed E-state index contributed by atoms with van der Waals surface area (Å²) >= 11 is 3.20. The number of nitrogen functional groups attached to an aromatic ring is 1. The van der Waals surface area contributed by atoms with Crippen molar-refractivity contribution in [1.82, 2.24) is 19.5 Å². The van der Waals surface area contributed by atoms with E-state index in [1.165, 1.54) is 10.9 Å². The Kier molecular flexibility index (Phi) is 3.00. The lowest BCUT2D eigenvalue weighted by Gasteiger charge is -2.14. The van der Waals surface area contributed by atoms with Crippen LogP contribution in [-0.2, 0) is 4.74 Å². The number of fused-ring (bicyclic) bond motifs is 1. The van der Waals surface area contributed by atoms with E-state index >= 15 is 0 Å². The Bertz CT molecular complexity index is 767. The Labute approximate surface area is 119 Å². The molecule has 0 amide bonds. The van der Waals surface area contributed by atoms with Gasteiger partial charge in [0.25, 0.3) is 5.56 Å². The Morgan fingerprint density at radius 2 is 2.35 bits per heavy atom. The Morgan fingerprint density at radius 3 is 3.00 bits per heavy atom. The van der Waals surface area contributed by atoms with Gasteiger partial charge in [0, 0.05) is 0 Å². The van der Waals surface area contributed by atoms with Crippen LogP contribution in [0.15, 0.2) is 21.4 Å². The monoisotopic (exact) mass is 343 g/mol. The number of hydrogen-bond acceptors (Lipinski definition) is 7. The average molecular weight is 344 g/mol. The van der Waals surface area contributed by atoms with E-state index in [2.05, 4.69) is 30.9 Å². The van der Waals surface area contributed by atoms with E-state index in [0.29, 0.717) is 4.48 Å². The normalized spacial score (nSPS) is 22.9. The maximum absolute atomic E-state index is 11.7. The molecular weight excluding hydrogens is 334 g/mol. The molecule has 0 aliphatic carbocycles. The van der Waals surface area contributed by atoms with E-state index in [1.54, 1.807) is 0 Å². The van der Waals surface area contributed by atoms with Crippen molar-refractivity contribution in [3.05, 3.63) is 26.9 Å².